The standard InChI is InChI=1S/C13H19FN2/c1-10(15)11-2-4-13(5-3-11)16-8-6-12(14)7-9-16/h2-5,10,12H,6-9,15H2,1H3. The lowest BCUT2D eigenvalue weighted by Crippen LogP contribution is -2.34. The molecule has 1 aromatic rings. The summed E-state index contributed by atoms with van der Waals surface area (Å²) >= 11 is 0. The van der Waals surface area contributed by atoms with Gasteiger partial charge in [-0.2, -0.15) is 0 Å². The Kier molecular flexibility index (Phi) is 3.44. The van der Waals surface area contributed by atoms with Gasteiger partial charge in [0, 0.05) is 24.8 Å². The van der Waals surface area contributed by atoms with E-state index in [0.717, 1.165) is 18.7 Å². The smallest absolute Gasteiger partial charge is 0.103 e. The summed E-state index contributed by atoms with van der Waals surface area (Å²) in [6, 6.07) is 8.35. The Balaban J connectivity index is 2.04. The summed E-state index contributed by atoms with van der Waals surface area (Å²) in [6.45, 7) is 3.61. The van der Waals surface area contributed by atoms with E-state index in [1.807, 2.05) is 6.92 Å². The lowest BCUT2D eigenvalue weighted by molar-refractivity contribution is 0.277. The quantitative estimate of drug-likeness (QED) is 0.833. The molecule has 2 nitrogen and oxygen atoms in total. The Bertz CT molecular complexity index is 326. The summed E-state index contributed by atoms with van der Waals surface area (Å²) in [5.41, 5.74) is 8.12. The summed E-state index contributed by atoms with van der Waals surface area (Å²) in [4.78, 5) is 2.24. The first-order chi connectivity index (χ1) is 7.66. The molecular formula is C13H19FN2. The van der Waals surface area contributed by atoms with Crippen LogP contribution < -0.4 is 10.6 Å². The molecule has 16 heavy (non-hydrogen) atoms. The molecule has 1 atom stereocenters. The molecule has 0 amide bonds. The van der Waals surface area contributed by atoms with Crippen molar-refractivity contribution in [1.29, 1.82) is 0 Å². The molecule has 2 N–H and O–H groups in total. The first-order valence-electron chi connectivity index (χ1n) is 5.91. The number of piperidine rings is 1. The molecule has 0 spiro atoms. The van der Waals surface area contributed by atoms with Gasteiger partial charge in [0.1, 0.15) is 6.17 Å². The molecule has 0 aliphatic carbocycles. The number of benzene rings is 1. The van der Waals surface area contributed by atoms with E-state index in [1.165, 1.54) is 5.69 Å². The van der Waals surface area contributed by atoms with E-state index in [9.17, 15) is 4.39 Å². The number of halogens is 1. The van der Waals surface area contributed by atoms with Crippen molar-refractivity contribution in [1.82, 2.24) is 0 Å². The van der Waals surface area contributed by atoms with E-state index in [2.05, 4.69) is 29.2 Å². The zero-order valence-corrected chi connectivity index (χ0v) is 9.70. The van der Waals surface area contributed by atoms with Crippen LogP contribution in [0.25, 0.3) is 0 Å². The Morgan fingerprint density at radius 1 is 1.25 bits per heavy atom. The summed E-state index contributed by atoms with van der Waals surface area (Å²) in [5.74, 6) is 0. The lowest BCUT2D eigenvalue weighted by atomic mass is 10.1. The number of rotatable bonds is 2. The Labute approximate surface area is 96.2 Å². The van der Waals surface area contributed by atoms with Crippen LogP contribution in [-0.2, 0) is 0 Å². The third-order valence-corrected chi connectivity index (χ3v) is 3.21. The van der Waals surface area contributed by atoms with Gasteiger partial charge in [-0.1, -0.05) is 12.1 Å². The molecule has 0 bridgehead atoms. The van der Waals surface area contributed by atoms with Crippen molar-refractivity contribution in [2.45, 2.75) is 32.0 Å². The maximum Gasteiger partial charge on any atom is 0.103 e. The van der Waals surface area contributed by atoms with Crippen LogP contribution in [0, 0.1) is 0 Å². The van der Waals surface area contributed by atoms with Crippen LogP contribution in [-0.4, -0.2) is 19.3 Å². The van der Waals surface area contributed by atoms with Crippen LogP contribution >= 0.6 is 0 Å². The maximum absolute atomic E-state index is 13.0. The van der Waals surface area contributed by atoms with Crippen LogP contribution in [0.5, 0.6) is 0 Å². The highest BCUT2D eigenvalue weighted by molar-refractivity contribution is 5.48. The molecule has 1 aliphatic rings. The fourth-order valence-electron chi connectivity index (χ4n) is 2.09. The van der Waals surface area contributed by atoms with Crippen molar-refractivity contribution in [3.8, 4) is 0 Å². The predicted octanol–water partition coefficient (Wildman–Crippen LogP) is 2.64. The van der Waals surface area contributed by atoms with Crippen LogP contribution in [0.15, 0.2) is 24.3 Å². The first kappa shape index (κ1) is 11.4. The van der Waals surface area contributed by atoms with Crippen molar-refractivity contribution in [3.05, 3.63) is 29.8 Å². The van der Waals surface area contributed by atoms with Crippen molar-refractivity contribution < 1.29 is 4.39 Å². The molecule has 1 aromatic carbocycles. The molecule has 3 heteroatoms. The van der Waals surface area contributed by atoms with Gasteiger partial charge in [-0.25, -0.2) is 4.39 Å². The van der Waals surface area contributed by atoms with Gasteiger partial charge in [-0.15, -0.1) is 0 Å². The summed E-state index contributed by atoms with van der Waals surface area (Å²) < 4.78 is 13.0. The van der Waals surface area contributed by atoms with Crippen LogP contribution in [0.1, 0.15) is 31.4 Å². The topological polar surface area (TPSA) is 29.3 Å². The lowest BCUT2D eigenvalue weighted by Gasteiger charge is -2.30. The number of nitrogens with zero attached hydrogens (tertiary/aromatic N) is 1. The molecule has 1 unspecified atom stereocenters. The Morgan fingerprint density at radius 3 is 2.31 bits per heavy atom. The highest BCUT2D eigenvalue weighted by Gasteiger charge is 2.18. The van der Waals surface area contributed by atoms with Crippen LogP contribution in [0.4, 0.5) is 10.1 Å². The second-order valence-corrected chi connectivity index (χ2v) is 4.54. The molecule has 0 radical (unpaired) electrons. The van der Waals surface area contributed by atoms with Gasteiger partial charge in [0.2, 0.25) is 0 Å². The highest BCUT2D eigenvalue weighted by atomic mass is 19.1. The van der Waals surface area contributed by atoms with Gasteiger partial charge in [-0.05, 0) is 37.5 Å². The highest BCUT2D eigenvalue weighted by Crippen LogP contribution is 2.22. The molecule has 1 heterocycles. The largest absolute Gasteiger partial charge is 0.371 e. The minimum absolute atomic E-state index is 0.0747. The minimum Gasteiger partial charge on any atom is -0.371 e. The number of alkyl halides is 1. The molecule has 1 fully saturated rings. The maximum atomic E-state index is 13.0. The van der Waals surface area contributed by atoms with E-state index in [-0.39, 0.29) is 6.04 Å². The van der Waals surface area contributed by atoms with Gasteiger partial charge < -0.3 is 10.6 Å². The van der Waals surface area contributed by atoms with E-state index in [0.29, 0.717) is 12.8 Å². The van der Waals surface area contributed by atoms with Crippen molar-refractivity contribution in [2.24, 2.45) is 5.73 Å². The first-order valence-corrected chi connectivity index (χ1v) is 5.91. The predicted molar refractivity (Wildman–Crippen MR) is 65.4 cm³/mol. The zero-order valence-electron chi connectivity index (χ0n) is 9.70. The second-order valence-electron chi connectivity index (χ2n) is 4.54. The molecule has 1 saturated heterocycles. The van der Waals surface area contributed by atoms with E-state index >= 15 is 0 Å². The zero-order chi connectivity index (χ0) is 11.5. The Hall–Kier alpha value is -1.09. The molecule has 0 aromatic heterocycles. The van der Waals surface area contributed by atoms with Gasteiger partial charge in [0.05, 0.1) is 0 Å². The average Bonchev–Trinajstić information content (AvgIpc) is 2.30. The summed E-state index contributed by atoms with van der Waals surface area (Å²) in [7, 11) is 0. The van der Waals surface area contributed by atoms with Gasteiger partial charge in [0.15, 0.2) is 0 Å². The fraction of sp³-hybridized carbons (Fsp3) is 0.538. The van der Waals surface area contributed by atoms with E-state index in [4.69, 9.17) is 5.73 Å². The number of anilines is 1. The van der Waals surface area contributed by atoms with Gasteiger partial charge in [0.25, 0.3) is 0 Å². The van der Waals surface area contributed by atoms with Gasteiger partial charge in [-0.3, -0.25) is 0 Å². The van der Waals surface area contributed by atoms with Crippen LogP contribution in [0.3, 0.4) is 0 Å². The number of hydrogen-bond donors (Lipinski definition) is 1. The van der Waals surface area contributed by atoms with Gasteiger partial charge >= 0.3 is 0 Å². The minimum atomic E-state index is -0.611. The monoisotopic (exact) mass is 222 g/mol. The fourth-order valence-corrected chi connectivity index (χ4v) is 2.09. The number of hydrogen-bond acceptors (Lipinski definition) is 2. The van der Waals surface area contributed by atoms with Crippen molar-refractivity contribution in [2.75, 3.05) is 18.0 Å². The Morgan fingerprint density at radius 2 is 1.81 bits per heavy atom. The van der Waals surface area contributed by atoms with E-state index < -0.39 is 6.17 Å². The average molecular weight is 222 g/mol. The third kappa shape index (κ3) is 2.53. The summed E-state index contributed by atoms with van der Waals surface area (Å²) in [5, 5.41) is 0. The molecule has 2 rings (SSSR count). The molecule has 1 aliphatic heterocycles. The SMILES string of the molecule is CC(N)c1ccc(N2CCC(F)CC2)cc1. The van der Waals surface area contributed by atoms with Crippen molar-refractivity contribution in [3.63, 3.8) is 0 Å². The van der Waals surface area contributed by atoms with Crippen molar-refractivity contribution >= 4 is 5.69 Å². The van der Waals surface area contributed by atoms with E-state index in [1.54, 1.807) is 0 Å². The normalized spacial score (nSPS) is 19.8. The third-order valence-electron chi connectivity index (χ3n) is 3.21. The number of nitrogens with two attached hydrogens (primary N) is 1. The summed E-state index contributed by atoms with van der Waals surface area (Å²) in [6.07, 6.45) is 0.684. The van der Waals surface area contributed by atoms with Crippen LogP contribution in [0.2, 0.25) is 0 Å². The molecule has 88 valence electrons. The second kappa shape index (κ2) is 4.83. The molecule has 0 saturated carbocycles. The molecular weight excluding hydrogens is 203 g/mol.